The van der Waals surface area contributed by atoms with Gasteiger partial charge in [-0.05, 0) is 34.1 Å². The van der Waals surface area contributed by atoms with E-state index in [1.165, 1.54) is 0 Å². The van der Waals surface area contributed by atoms with Crippen molar-refractivity contribution in [2.24, 2.45) is 12.0 Å². The van der Waals surface area contributed by atoms with E-state index in [0.717, 1.165) is 24.5 Å². The molecule has 0 aliphatic rings. The van der Waals surface area contributed by atoms with Crippen molar-refractivity contribution in [3.63, 3.8) is 0 Å². The van der Waals surface area contributed by atoms with Crippen molar-refractivity contribution in [1.82, 2.24) is 30.7 Å². The summed E-state index contributed by atoms with van der Waals surface area (Å²) in [6.07, 6.45) is 3.10. The lowest BCUT2D eigenvalue weighted by atomic mass is 10.1. The number of nitrogens with one attached hydrogen (secondary N) is 3. The van der Waals surface area contributed by atoms with E-state index in [2.05, 4.69) is 44.6 Å². The zero-order chi connectivity index (χ0) is 21.2. The smallest absolute Gasteiger partial charge is 0.407 e. The minimum Gasteiger partial charge on any atom is -0.444 e. The number of nitrogens with zero attached hydrogens (tertiary/aromatic N) is 4. The number of alkyl carbamates (subject to hydrolysis) is 1. The molecular weight excluding hydrogens is 358 g/mol. The summed E-state index contributed by atoms with van der Waals surface area (Å²) in [5, 5.41) is 17.5. The number of carbonyl (C=O) groups is 1. The molecular formula is C19H35N7O2. The van der Waals surface area contributed by atoms with Gasteiger partial charge in [0.15, 0.2) is 11.8 Å². The summed E-state index contributed by atoms with van der Waals surface area (Å²) in [6.45, 7) is 14.7. The molecule has 0 aromatic carbocycles. The second-order valence-electron chi connectivity index (χ2n) is 7.57. The molecule has 0 radical (unpaired) electrons. The molecule has 158 valence electrons. The number of amides is 1. The minimum absolute atomic E-state index is 0.0762. The van der Waals surface area contributed by atoms with Gasteiger partial charge in [0.05, 0.1) is 0 Å². The van der Waals surface area contributed by atoms with E-state index in [9.17, 15) is 4.79 Å². The first-order chi connectivity index (χ1) is 13.2. The highest BCUT2D eigenvalue weighted by atomic mass is 16.6. The van der Waals surface area contributed by atoms with E-state index >= 15 is 0 Å². The Kier molecular flexibility index (Phi) is 9.47. The largest absolute Gasteiger partial charge is 0.444 e. The lowest BCUT2D eigenvalue weighted by Crippen LogP contribution is -2.48. The number of ether oxygens (including phenoxy) is 1. The Bertz CT molecular complexity index is 662. The average molecular weight is 394 g/mol. The van der Waals surface area contributed by atoms with Gasteiger partial charge in [0.2, 0.25) is 0 Å². The second-order valence-corrected chi connectivity index (χ2v) is 7.57. The van der Waals surface area contributed by atoms with Crippen LogP contribution in [0.4, 0.5) is 4.79 Å². The first-order valence-electron chi connectivity index (χ1n) is 9.63. The van der Waals surface area contributed by atoms with Gasteiger partial charge >= 0.3 is 6.09 Å². The summed E-state index contributed by atoms with van der Waals surface area (Å²) in [7, 11) is 1.91. The third-order valence-corrected chi connectivity index (χ3v) is 3.85. The number of carbonyl (C=O) groups excluding carboxylic acids is 1. The van der Waals surface area contributed by atoms with Gasteiger partial charge in [0.25, 0.3) is 0 Å². The second kappa shape index (κ2) is 11.3. The molecule has 28 heavy (non-hydrogen) atoms. The van der Waals surface area contributed by atoms with Crippen molar-refractivity contribution in [1.29, 1.82) is 0 Å². The molecule has 0 saturated heterocycles. The monoisotopic (exact) mass is 393 g/mol. The highest BCUT2D eigenvalue weighted by Gasteiger charge is 2.19. The summed E-state index contributed by atoms with van der Waals surface area (Å²) in [5.41, 5.74) is -0.527. The first kappa shape index (κ1) is 23.5. The molecule has 1 atom stereocenters. The van der Waals surface area contributed by atoms with Crippen LogP contribution in [0.1, 0.15) is 52.2 Å². The number of guanidine groups is 1. The van der Waals surface area contributed by atoms with Gasteiger partial charge in [0.1, 0.15) is 18.0 Å². The lowest BCUT2D eigenvalue weighted by molar-refractivity contribution is 0.0502. The van der Waals surface area contributed by atoms with Crippen LogP contribution in [0.5, 0.6) is 0 Å². The Morgan fingerprint density at radius 3 is 2.61 bits per heavy atom. The van der Waals surface area contributed by atoms with Crippen LogP contribution >= 0.6 is 0 Å². The first-order valence-corrected chi connectivity index (χ1v) is 9.63. The molecule has 1 amide bonds. The molecule has 1 rings (SSSR count). The molecule has 9 heteroatoms. The van der Waals surface area contributed by atoms with Crippen LogP contribution < -0.4 is 16.0 Å². The van der Waals surface area contributed by atoms with E-state index in [1.807, 2.05) is 39.3 Å². The number of hydrogen-bond acceptors (Lipinski definition) is 5. The average Bonchev–Trinajstić information content (AvgIpc) is 2.91. The zero-order valence-electron chi connectivity index (χ0n) is 18.0. The maximum Gasteiger partial charge on any atom is 0.407 e. The normalized spacial score (nSPS) is 13.0. The van der Waals surface area contributed by atoms with Crippen LogP contribution in [-0.4, -0.2) is 51.5 Å². The quantitative estimate of drug-likeness (QED) is 0.337. The third-order valence-electron chi connectivity index (χ3n) is 3.85. The minimum atomic E-state index is -0.527. The van der Waals surface area contributed by atoms with Crippen LogP contribution in [0.2, 0.25) is 0 Å². The highest BCUT2D eigenvalue weighted by molar-refractivity contribution is 5.80. The van der Waals surface area contributed by atoms with E-state index in [1.54, 1.807) is 6.08 Å². The van der Waals surface area contributed by atoms with Crippen molar-refractivity contribution in [2.75, 3.05) is 13.1 Å². The van der Waals surface area contributed by atoms with Gasteiger partial charge in [0, 0.05) is 26.2 Å². The maximum atomic E-state index is 12.1. The molecule has 0 bridgehead atoms. The predicted molar refractivity (Wildman–Crippen MR) is 111 cm³/mol. The van der Waals surface area contributed by atoms with Crippen molar-refractivity contribution in [2.45, 2.75) is 65.6 Å². The Morgan fingerprint density at radius 1 is 1.36 bits per heavy atom. The van der Waals surface area contributed by atoms with Gasteiger partial charge in [-0.1, -0.05) is 19.4 Å². The summed E-state index contributed by atoms with van der Waals surface area (Å²) in [4.78, 5) is 16.6. The van der Waals surface area contributed by atoms with Crippen LogP contribution in [0, 0.1) is 6.92 Å². The summed E-state index contributed by atoms with van der Waals surface area (Å²) >= 11 is 0. The summed E-state index contributed by atoms with van der Waals surface area (Å²) in [5.74, 6) is 2.23. The van der Waals surface area contributed by atoms with E-state index in [-0.39, 0.29) is 6.04 Å². The zero-order valence-corrected chi connectivity index (χ0v) is 18.0. The van der Waals surface area contributed by atoms with Crippen LogP contribution in [-0.2, 0) is 18.3 Å². The molecule has 9 nitrogen and oxygen atoms in total. The molecule has 1 unspecified atom stereocenters. The number of aromatic nitrogens is 3. The van der Waals surface area contributed by atoms with E-state index < -0.39 is 11.7 Å². The van der Waals surface area contributed by atoms with Crippen molar-refractivity contribution in [3.05, 3.63) is 24.3 Å². The number of rotatable bonds is 9. The van der Waals surface area contributed by atoms with Crippen LogP contribution in [0.3, 0.4) is 0 Å². The van der Waals surface area contributed by atoms with E-state index in [4.69, 9.17) is 4.74 Å². The fraction of sp³-hybridized carbons (Fsp3) is 0.684. The molecule has 0 saturated carbocycles. The fourth-order valence-electron chi connectivity index (χ4n) is 2.35. The Balaban J connectivity index is 2.71. The molecule has 0 spiro atoms. The SMILES string of the molecule is C=CCNC(=NCc1nnc(C)n1C)NCC(CCC)NC(=O)OC(C)(C)C. The number of hydrogen-bond donors (Lipinski definition) is 3. The molecule has 0 aliphatic heterocycles. The van der Waals surface area contributed by atoms with Gasteiger partial charge in [-0.15, -0.1) is 16.8 Å². The molecule has 1 aromatic rings. The topological polar surface area (TPSA) is 105 Å². The van der Waals surface area contributed by atoms with Crippen LogP contribution in [0.15, 0.2) is 17.6 Å². The van der Waals surface area contributed by atoms with Crippen molar-refractivity contribution < 1.29 is 9.53 Å². The molecule has 0 aliphatic carbocycles. The summed E-state index contributed by atoms with van der Waals surface area (Å²) in [6, 6.07) is -0.0762. The Labute approximate surface area is 168 Å². The van der Waals surface area contributed by atoms with Gasteiger partial charge < -0.3 is 25.3 Å². The standard InChI is InChI=1S/C19H35N7O2/c1-8-10-15(23-18(27)28-19(4,5)6)12-21-17(20-11-9-2)22-13-16-25-24-14(3)26(16)7/h9,15H,2,8,10-13H2,1,3-7H3,(H,23,27)(H2,20,21,22). The van der Waals surface area contributed by atoms with Crippen molar-refractivity contribution in [3.8, 4) is 0 Å². The predicted octanol–water partition coefficient (Wildman–Crippen LogP) is 2.04. The van der Waals surface area contributed by atoms with Crippen LogP contribution in [0.25, 0.3) is 0 Å². The molecule has 1 heterocycles. The maximum absolute atomic E-state index is 12.1. The number of aryl methyl sites for hydroxylation is 1. The fourth-order valence-corrected chi connectivity index (χ4v) is 2.35. The van der Waals surface area contributed by atoms with Crippen molar-refractivity contribution >= 4 is 12.1 Å². The summed E-state index contributed by atoms with van der Waals surface area (Å²) < 4.78 is 7.25. The van der Waals surface area contributed by atoms with E-state index in [0.29, 0.717) is 25.6 Å². The van der Waals surface area contributed by atoms with Gasteiger partial charge in [-0.3, -0.25) is 0 Å². The van der Waals surface area contributed by atoms with Gasteiger partial charge in [-0.2, -0.15) is 0 Å². The third kappa shape index (κ3) is 8.88. The Hall–Kier alpha value is -2.58. The number of aliphatic imine (C=N–C) groups is 1. The Morgan fingerprint density at radius 2 is 2.07 bits per heavy atom. The van der Waals surface area contributed by atoms with Gasteiger partial charge in [-0.25, -0.2) is 9.79 Å². The highest BCUT2D eigenvalue weighted by Crippen LogP contribution is 2.07. The molecule has 0 fully saturated rings. The lowest BCUT2D eigenvalue weighted by Gasteiger charge is -2.24. The molecule has 1 aromatic heterocycles. The molecule has 3 N–H and O–H groups in total.